The van der Waals surface area contributed by atoms with Crippen molar-refractivity contribution in [3.8, 4) is 0 Å². The van der Waals surface area contributed by atoms with E-state index in [1.165, 1.54) is 0 Å². The fourth-order valence-electron chi connectivity index (χ4n) is 2.55. The molecule has 0 atom stereocenters. The average Bonchev–Trinajstić information content (AvgIpc) is 2.63. The number of aromatic nitrogens is 1. The minimum atomic E-state index is -3.55. The van der Waals surface area contributed by atoms with Gasteiger partial charge in [-0.1, -0.05) is 22.0 Å². The highest BCUT2D eigenvalue weighted by molar-refractivity contribution is 9.10. The molecule has 2 aromatic rings. The van der Waals surface area contributed by atoms with Gasteiger partial charge in [0, 0.05) is 30.3 Å². The maximum Gasteiger partial charge on any atom is 0.240 e. The molecular formula is C17H20BrN3O3S. The lowest BCUT2D eigenvalue weighted by atomic mass is 10.2. The van der Waals surface area contributed by atoms with Gasteiger partial charge in [0.25, 0.3) is 0 Å². The smallest absolute Gasteiger partial charge is 0.240 e. The lowest BCUT2D eigenvalue weighted by Gasteiger charge is -2.27. The van der Waals surface area contributed by atoms with Crippen molar-refractivity contribution >= 4 is 31.8 Å². The number of benzene rings is 1. The zero-order valence-electron chi connectivity index (χ0n) is 13.9. The Morgan fingerprint density at radius 2 is 2.00 bits per heavy atom. The first kappa shape index (κ1) is 18.3. The van der Waals surface area contributed by atoms with Gasteiger partial charge in [0.1, 0.15) is 5.82 Å². The number of rotatable bonds is 5. The predicted molar refractivity (Wildman–Crippen MR) is 100 cm³/mol. The molecule has 25 heavy (non-hydrogen) atoms. The lowest BCUT2D eigenvalue weighted by Crippen LogP contribution is -2.36. The number of nitrogens with one attached hydrogen (secondary N) is 1. The van der Waals surface area contributed by atoms with Crippen LogP contribution in [0.5, 0.6) is 0 Å². The molecule has 0 unspecified atom stereocenters. The topological polar surface area (TPSA) is 71.5 Å². The van der Waals surface area contributed by atoms with Gasteiger partial charge in [0.15, 0.2) is 0 Å². The van der Waals surface area contributed by atoms with Crippen LogP contribution < -0.4 is 9.62 Å². The summed E-state index contributed by atoms with van der Waals surface area (Å²) in [6.07, 6.45) is 1.71. The average molecular weight is 426 g/mol. The predicted octanol–water partition coefficient (Wildman–Crippen LogP) is 2.47. The number of nitrogens with zero attached hydrogens (tertiary/aromatic N) is 2. The zero-order chi connectivity index (χ0) is 17.9. The number of anilines is 1. The number of ether oxygens (including phenoxy) is 1. The minimum Gasteiger partial charge on any atom is -0.378 e. The van der Waals surface area contributed by atoms with E-state index in [0.717, 1.165) is 34.5 Å². The van der Waals surface area contributed by atoms with Crippen molar-refractivity contribution in [2.75, 3.05) is 31.2 Å². The van der Waals surface area contributed by atoms with Crippen LogP contribution in [0.3, 0.4) is 0 Å². The van der Waals surface area contributed by atoms with Crippen molar-refractivity contribution in [1.82, 2.24) is 9.71 Å². The standard InChI is InChI=1S/C17H20BrN3O3S/c1-13-10-15(3-4-16(13)18)25(22,23)20-12-14-2-5-17(19-11-14)21-6-8-24-9-7-21/h2-5,10-11,20H,6-9,12H2,1H3. The summed E-state index contributed by atoms with van der Waals surface area (Å²) < 4.78 is 33.7. The van der Waals surface area contributed by atoms with Crippen LogP contribution in [-0.4, -0.2) is 39.7 Å². The number of pyridine rings is 1. The van der Waals surface area contributed by atoms with E-state index >= 15 is 0 Å². The Morgan fingerprint density at radius 1 is 1.24 bits per heavy atom. The Hall–Kier alpha value is -1.48. The molecule has 1 aliphatic heterocycles. The molecule has 2 heterocycles. The zero-order valence-corrected chi connectivity index (χ0v) is 16.3. The van der Waals surface area contributed by atoms with Crippen molar-refractivity contribution < 1.29 is 13.2 Å². The molecule has 8 heteroatoms. The number of hydrogen-bond donors (Lipinski definition) is 1. The maximum absolute atomic E-state index is 12.4. The highest BCUT2D eigenvalue weighted by Gasteiger charge is 2.15. The maximum atomic E-state index is 12.4. The summed E-state index contributed by atoms with van der Waals surface area (Å²) in [5.41, 5.74) is 1.69. The van der Waals surface area contributed by atoms with Gasteiger partial charge in [-0.25, -0.2) is 18.1 Å². The number of halogens is 1. The van der Waals surface area contributed by atoms with E-state index < -0.39 is 10.0 Å². The van der Waals surface area contributed by atoms with Crippen LogP contribution in [0, 0.1) is 6.92 Å². The van der Waals surface area contributed by atoms with E-state index in [0.29, 0.717) is 13.2 Å². The Morgan fingerprint density at radius 3 is 2.64 bits per heavy atom. The number of morpholine rings is 1. The van der Waals surface area contributed by atoms with Gasteiger partial charge >= 0.3 is 0 Å². The van der Waals surface area contributed by atoms with E-state index in [-0.39, 0.29) is 11.4 Å². The molecular weight excluding hydrogens is 406 g/mol. The lowest BCUT2D eigenvalue weighted by molar-refractivity contribution is 0.122. The van der Waals surface area contributed by atoms with Crippen LogP contribution in [0.4, 0.5) is 5.82 Å². The SMILES string of the molecule is Cc1cc(S(=O)(=O)NCc2ccc(N3CCOCC3)nc2)ccc1Br. The van der Waals surface area contributed by atoms with Crippen LogP contribution in [-0.2, 0) is 21.3 Å². The number of hydrogen-bond acceptors (Lipinski definition) is 5. The van der Waals surface area contributed by atoms with Gasteiger partial charge < -0.3 is 9.64 Å². The molecule has 1 aromatic heterocycles. The fraction of sp³-hybridized carbons (Fsp3) is 0.353. The summed E-state index contributed by atoms with van der Waals surface area (Å²) in [4.78, 5) is 6.84. The van der Waals surface area contributed by atoms with Gasteiger partial charge in [-0.2, -0.15) is 0 Å². The van der Waals surface area contributed by atoms with Crippen molar-refractivity contribution in [2.24, 2.45) is 0 Å². The van der Waals surface area contributed by atoms with E-state index in [9.17, 15) is 8.42 Å². The van der Waals surface area contributed by atoms with Gasteiger partial charge in [-0.05, 0) is 42.3 Å². The molecule has 1 fully saturated rings. The normalized spacial score (nSPS) is 15.4. The number of aryl methyl sites for hydroxylation is 1. The Bertz CT molecular complexity index is 835. The largest absolute Gasteiger partial charge is 0.378 e. The van der Waals surface area contributed by atoms with E-state index in [1.54, 1.807) is 24.4 Å². The van der Waals surface area contributed by atoms with Gasteiger partial charge in [0.2, 0.25) is 10.0 Å². The second-order valence-corrected chi connectivity index (χ2v) is 8.48. The summed E-state index contributed by atoms with van der Waals surface area (Å²) in [5.74, 6) is 0.887. The van der Waals surface area contributed by atoms with Crippen molar-refractivity contribution in [2.45, 2.75) is 18.4 Å². The molecule has 1 aliphatic rings. The molecule has 0 amide bonds. The third kappa shape index (κ3) is 4.58. The van der Waals surface area contributed by atoms with Gasteiger partial charge in [-0.3, -0.25) is 0 Å². The number of sulfonamides is 1. The Balaban J connectivity index is 1.65. The van der Waals surface area contributed by atoms with Gasteiger partial charge in [0.05, 0.1) is 18.1 Å². The first-order chi connectivity index (χ1) is 12.0. The van der Waals surface area contributed by atoms with Crippen LogP contribution >= 0.6 is 15.9 Å². The molecule has 0 spiro atoms. The fourth-order valence-corrected chi connectivity index (χ4v) is 3.90. The molecule has 134 valence electrons. The molecule has 0 radical (unpaired) electrons. The van der Waals surface area contributed by atoms with Crippen molar-refractivity contribution in [3.05, 3.63) is 52.1 Å². The first-order valence-corrected chi connectivity index (χ1v) is 10.3. The van der Waals surface area contributed by atoms with Crippen LogP contribution in [0.15, 0.2) is 45.9 Å². The second-order valence-electron chi connectivity index (χ2n) is 5.86. The summed E-state index contributed by atoms with van der Waals surface area (Å²) in [6.45, 7) is 5.11. The highest BCUT2D eigenvalue weighted by atomic mass is 79.9. The molecule has 1 saturated heterocycles. The van der Waals surface area contributed by atoms with Crippen LogP contribution in [0.25, 0.3) is 0 Å². The first-order valence-electron chi connectivity index (χ1n) is 7.99. The molecule has 1 N–H and O–H groups in total. The monoisotopic (exact) mass is 425 g/mol. The Kier molecular flexibility index (Phi) is 5.73. The molecule has 0 saturated carbocycles. The van der Waals surface area contributed by atoms with E-state index in [4.69, 9.17) is 4.74 Å². The van der Waals surface area contributed by atoms with E-state index in [2.05, 4.69) is 30.5 Å². The molecule has 1 aromatic carbocycles. The molecule has 3 rings (SSSR count). The third-order valence-electron chi connectivity index (χ3n) is 4.05. The molecule has 6 nitrogen and oxygen atoms in total. The van der Waals surface area contributed by atoms with E-state index in [1.807, 2.05) is 19.1 Å². The highest BCUT2D eigenvalue weighted by Crippen LogP contribution is 2.20. The summed E-state index contributed by atoms with van der Waals surface area (Å²) in [7, 11) is -3.55. The molecule has 0 bridgehead atoms. The quantitative estimate of drug-likeness (QED) is 0.796. The Labute approximate surface area is 156 Å². The second kappa shape index (κ2) is 7.82. The molecule has 0 aliphatic carbocycles. The summed E-state index contributed by atoms with van der Waals surface area (Å²) in [6, 6.07) is 8.78. The third-order valence-corrected chi connectivity index (χ3v) is 6.34. The summed E-state index contributed by atoms with van der Waals surface area (Å²) >= 11 is 3.38. The van der Waals surface area contributed by atoms with Crippen LogP contribution in [0.2, 0.25) is 0 Å². The van der Waals surface area contributed by atoms with Gasteiger partial charge in [-0.15, -0.1) is 0 Å². The summed E-state index contributed by atoms with van der Waals surface area (Å²) in [5, 5.41) is 0. The van der Waals surface area contributed by atoms with Crippen molar-refractivity contribution in [3.63, 3.8) is 0 Å². The van der Waals surface area contributed by atoms with Crippen molar-refractivity contribution in [1.29, 1.82) is 0 Å². The van der Waals surface area contributed by atoms with Crippen LogP contribution in [0.1, 0.15) is 11.1 Å². The minimum absolute atomic E-state index is 0.202.